The molecule has 3 fully saturated rings. The number of amides is 2. The summed E-state index contributed by atoms with van der Waals surface area (Å²) in [6, 6.07) is 4.26. The van der Waals surface area contributed by atoms with E-state index in [1.54, 1.807) is 0 Å². The molecule has 0 radical (unpaired) electrons. The summed E-state index contributed by atoms with van der Waals surface area (Å²) >= 11 is 0. The fourth-order valence-corrected chi connectivity index (χ4v) is 13.0. The van der Waals surface area contributed by atoms with E-state index in [0.29, 0.717) is 31.3 Å². The van der Waals surface area contributed by atoms with E-state index in [1.807, 2.05) is 14.1 Å². The van der Waals surface area contributed by atoms with E-state index < -0.39 is 32.1 Å². The van der Waals surface area contributed by atoms with E-state index in [-0.39, 0.29) is 16.7 Å². The molecule has 0 saturated carbocycles. The van der Waals surface area contributed by atoms with Crippen molar-refractivity contribution in [2.24, 2.45) is 30.8 Å². The van der Waals surface area contributed by atoms with Gasteiger partial charge in [0.1, 0.15) is 19.8 Å². The van der Waals surface area contributed by atoms with Gasteiger partial charge in [0, 0.05) is 24.5 Å². The highest BCUT2D eigenvalue weighted by molar-refractivity contribution is 7.92. The number of benzene rings is 2. The van der Waals surface area contributed by atoms with Gasteiger partial charge in [0.15, 0.2) is 6.23 Å². The molecular formula is C37H52N8O4S2. The normalized spacial score (nSPS) is 31.8. The summed E-state index contributed by atoms with van der Waals surface area (Å²) in [6.45, 7) is 2.99. The predicted octanol–water partition coefficient (Wildman–Crippen LogP) is 3.51. The average Bonchev–Trinajstić information content (AvgIpc) is 3.80. The zero-order chi connectivity index (χ0) is 35.2. The number of nitrogens with zero attached hydrogens (tertiary/aromatic N) is 4. The molecule has 8 unspecified atom stereocenters. The first-order valence-electron chi connectivity index (χ1n) is 18.9. The summed E-state index contributed by atoms with van der Waals surface area (Å²) in [5.74, 6) is 0.924. The van der Waals surface area contributed by atoms with Crippen molar-refractivity contribution in [3.63, 3.8) is 0 Å². The van der Waals surface area contributed by atoms with Crippen LogP contribution in [0, 0.1) is 11.8 Å². The monoisotopic (exact) mass is 736 g/mol. The fourth-order valence-electron chi connectivity index (χ4n) is 10.1. The van der Waals surface area contributed by atoms with Crippen molar-refractivity contribution in [3.8, 4) is 0 Å². The number of carbonyl (C=O) groups is 1. The Bertz CT molecular complexity index is 2050. The van der Waals surface area contributed by atoms with Gasteiger partial charge in [0.2, 0.25) is 6.23 Å². The number of rotatable bonds is 7. The molecular weight excluding hydrogens is 685 g/mol. The highest BCUT2D eigenvalue weighted by Crippen LogP contribution is 2.48. The van der Waals surface area contributed by atoms with Crippen LogP contribution in [0.1, 0.15) is 70.2 Å². The van der Waals surface area contributed by atoms with Crippen LogP contribution in [-0.4, -0.2) is 87.5 Å². The Morgan fingerprint density at radius 3 is 1.88 bits per heavy atom. The molecule has 3 saturated heterocycles. The van der Waals surface area contributed by atoms with Crippen LogP contribution < -0.4 is 20.9 Å². The number of aryl methyl sites for hydroxylation is 2. The predicted molar refractivity (Wildman–Crippen MR) is 201 cm³/mol. The third-order valence-corrected chi connectivity index (χ3v) is 16.6. The molecule has 0 aromatic heterocycles. The molecule has 7 aliphatic rings. The lowest BCUT2D eigenvalue weighted by atomic mass is 9.87. The minimum Gasteiger partial charge on any atom is -0.356 e. The molecule has 12 nitrogen and oxygen atoms in total. The lowest BCUT2D eigenvalue weighted by molar-refractivity contribution is 0.260. The largest absolute Gasteiger partial charge is 0.356 e. The number of fused-ring (bicyclic) bond motifs is 4. The van der Waals surface area contributed by atoms with E-state index in [0.717, 1.165) is 89.4 Å². The second-order valence-corrected chi connectivity index (χ2v) is 20.6. The molecule has 3 heterocycles. The van der Waals surface area contributed by atoms with Crippen molar-refractivity contribution in [2.45, 2.75) is 100 Å². The molecule has 2 aromatic rings. The van der Waals surface area contributed by atoms with Gasteiger partial charge in [0.25, 0.3) is 0 Å². The number of likely N-dealkylation sites (tertiary alicyclic amines) is 2. The van der Waals surface area contributed by atoms with Gasteiger partial charge < -0.3 is 25.2 Å². The highest BCUT2D eigenvalue weighted by Gasteiger charge is 2.44. The highest BCUT2D eigenvalue weighted by atomic mass is 32.2. The maximum atomic E-state index is 13.4. The second kappa shape index (κ2) is 12.8. The first-order chi connectivity index (χ1) is 24.4. The molecule has 14 heteroatoms. The van der Waals surface area contributed by atoms with Crippen molar-refractivity contribution in [3.05, 3.63) is 56.6 Å². The number of anilines is 2. The maximum Gasteiger partial charge on any atom is 0.354 e. The third-order valence-electron chi connectivity index (χ3n) is 12.9. The van der Waals surface area contributed by atoms with E-state index in [9.17, 15) is 13.2 Å². The van der Waals surface area contributed by atoms with Crippen molar-refractivity contribution >= 4 is 37.2 Å². The number of hydrogen-bond donors (Lipinski definition) is 4. The fraction of sp³-hybridized carbons (Fsp3) is 0.649. The topological polar surface area (TPSA) is 171 Å². The molecule has 0 spiro atoms. The van der Waals surface area contributed by atoms with E-state index >= 15 is 0 Å². The number of carbonyl (C=O) groups excluding carboxylic acids is 1. The van der Waals surface area contributed by atoms with Gasteiger partial charge >= 0.3 is 6.03 Å². The molecule has 6 N–H and O–H groups in total. The van der Waals surface area contributed by atoms with Crippen LogP contribution in [0.25, 0.3) is 0 Å². The van der Waals surface area contributed by atoms with Gasteiger partial charge in [-0.1, -0.05) is 12.1 Å². The molecule has 3 aliphatic heterocycles. The Hall–Kier alpha value is -2.59. The quantitative estimate of drug-likeness (QED) is 0.315. The molecule has 2 aromatic carbocycles. The van der Waals surface area contributed by atoms with Crippen LogP contribution in [-0.2, 0) is 75.9 Å². The summed E-state index contributed by atoms with van der Waals surface area (Å²) in [7, 11) is -1.99. The summed E-state index contributed by atoms with van der Waals surface area (Å²) in [5, 5.41) is 18.9. The Morgan fingerprint density at radius 1 is 0.765 bits per heavy atom. The van der Waals surface area contributed by atoms with Crippen LogP contribution in [0.15, 0.2) is 20.9 Å². The first kappa shape index (κ1) is 34.2. The molecule has 4 aliphatic carbocycles. The minimum absolute atomic E-state index is 0.125. The van der Waals surface area contributed by atoms with Crippen molar-refractivity contribution in [2.75, 3.05) is 50.9 Å². The Balaban J connectivity index is 0.936. The average molecular weight is 737 g/mol. The van der Waals surface area contributed by atoms with Gasteiger partial charge in [-0.15, -0.1) is 4.36 Å². The molecule has 51 heavy (non-hydrogen) atoms. The van der Waals surface area contributed by atoms with Crippen molar-refractivity contribution < 1.29 is 17.9 Å². The van der Waals surface area contributed by atoms with Crippen LogP contribution in [0.3, 0.4) is 0 Å². The lowest BCUT2D eigenvalue weighted by Gasteiger charge is -2.19. The van der Waals surface area contributed by atoms with E-state index in [4.69, 9.17) is 15.0 Å². The second-order valence-electron chi connectivity index (χ2n) is 16.4. The molecule has 8 atom stereocenters. The number of urea groups is 1. The number of hydrogen-bond acceptors (Lipinski definition) is 8. The Kier molecular flexibility index (Phi) is 8.56. The summed E-state index contributed by atoms with van der Waals surface area (Å²) in [5.41, 5.74) is 12.8. The zero-order valence-electron chi connectivity index (χ0n) is 29.8. The maximum absolute atomic E-state index is 13.4. The standard InChI is InChI=1S/C37H52N8O4S2/c1-44-11-9-27(19-44)50(38,47)42-36-35(49-36)40-33-29-7-3-5-21(29)13-25-15-23(17-31(25)33)24-16-26-14-22-6-4-8-30(22)34(32(26)18-24)41-37(46)43-51(39,48)28-10-12-45(2)20-28/h13-14,23-24,27-28,35-36,40H,3-12,15-20H2,1-2H3,(H2,38,42,47)(H3,39,41,43,46,48). The number of nitrogens with two attached hydrogens (primary N) is 2. The minimum atomic E-state index is -3.15. The smallest absolute Gasteiger partial charge is 0.354 e. The van der Waals surface area contributed by atoms with Crippen molar-refractivity contribution in [1.82, 2.24) is 9.80 Å². The zero-order valence-corrected chi connectivity index (χ0v) is 31.5. The lowest BCUT2D eigenvalue weighted by Crippen LogP contribution is -2.32. The Morgan fingerprint density at radius 2 is 1.31 bits per heavy atom. The molecule has 2 amide bonds. The molecule has 0 bridgehead atoms. The van der Waals surface area contributed by atoms with Crippen molar-refractivity contribution in [1.29, 1.82) is 0 Å². The van der Waals surface area contributed by atoms with Gasteiger partial charge in [-0.3, -0.25) is 0 Å². The van der Waals surface area contributed by atoms with E-state index in [2.05, 4.69) is 41.3 Å². The van der Waals surface area contributed by atoms with Crippen LogP contribution in [0.2, 0.25) is 0 Å². The van der Waals surface area contributed by atoms with Crippen LogP contribution in [0.5, 0.6) is 0 Å². The summed E-state index contributed by atoms with van der Waals surface area (Å²) in [4.78, 5) is 17.6. The van der Waals surface area contributed by atoms with Gasteiger partial charge in [0.05, 0.1) is 10.5 Å². The molecule has 276 valence electrons. The summed E-state index contributed by atoms with van der Waals surface area (Å²) in [6.07, 6.45) is 10.9. The SMILES string of the molecule is CN1CCC(S(N)(=O)=NC(=O)Nc2c3c(cc4c2CC(C2Cc5cc6c(c(NC7OC7N=S(N)(=O)C7CCN(C)C7)c5C2)CCC6)C4)CCC3)C1. The van der Waals surface area contributed by atoms with E-state index in [1.165, 1.54) is 50.2 Å². The Labute approximate surface area is 302 Å². The number of epoxide rings is 1. The number of nitrogens with one attached hydrogen (secondary N) is 2. The van der Waals surface area contributed by atoms with Crippen LogP contribution >= 0.6 is 0 Å². The third kappa shape index (κ3) is 6.42. The number of ether oxygens (including phenoxy) is 1. The van der Waals surface area contributed by atoms with Gasteiger partial charge in [-0.2, -0.15) is 4.36 Å². The van der Waals surface area contributed by atoms with Gasteiger partial charge in [-0.25, -0.2) is 23.5 Å². The summed E-state index contributed by atoms with van der Waals surface area (Å²) < 4.78 is 41.3. The van der Waals surface area contributed by atoms with Crippen LogP contribution in [0.4, 0.5) is 16.2 Å². The van der Waals surface area contributed by atoms with Gasteiger partial charge in [-0.05, 0) is 161 Å². The first-order valence-corrected chi connectivity index (χ1v) is 22.2. The molecule has 9 rings (SSSR count).